The number of carbonyl (C=O) groups excluding carboxylic acids is 1. The number of rotatable bonds is 3. The fourth-order valence-corrected chi connectivity index (χ4v) is 2.55. The normalized spacial score (nSPS) is 23.9. The Labute approximate surface area is 112 Å². The number of carbonyl (C=O) groups is 1. The molecule has 18 heavy (non-hydrogen) atoms. The van der Waals surface area contributed by atoms with Gasteiger partial charge in [0.25, 0.3) is 0 Å². The van der Waals surface area contributed by atoms with Gasteiger partial charge >= 0.3 is 5.97 Å². The molecule has 1 heterocycles. The van der Waals surface area contributed by atoms with Crippen molar-refractivity contribution in [3.05, 3.63) is 29.3 Å². The van der Waals surface area contributed by atoms with Crippen LogP contribution in [0.1, 0.15) is 6.42 Å². The second-order valence-corrected chi connectivity index (χ2v) is 5.13. The number of hydrogen-bond acceptors (Lipinski definition) is 4. The molecule has 0 amide bonds. The lowest BCUT2D eigenvalue weighted by Crippen LogP contribution is -2.49. The molecule has 0 aromatic heterocycles. The minimum atomic E-state index is -0.672. The lowest BCUT2D eigenvalue weighted by Gasteiger charge is -2.28. The zero-order valence-electron chi connectivity index (χ0n) is 10.6. The molecule has 2 rings (SSSR count). The van der Waals surface area contributed by atoms with Crippen molar-refractivity contribution in [3.8, 4) is 0 Å². The molecule has 1 aromatic carbocycles. The highest BCUT2D eigenvalue weighted by atomic mass is 35.5. The quantitative estimate of drug-likeness (QED) is 0.852. The monoisotopic (exact) mass is 268 g/mol. The minimum Gasteiger partial charge on any atom is -0.467 e. The maximum absolute atomic E-state index is 12.0. The van der Waals surface area contributed by atoms with E-state index in [0.717, 1.165) is 18.7 Å². The summed E-state index contributed by atoms with van der Waals surface area (Å²) >= 11 is 5.95. The first kappa shape index (κ1) is 13.2. The molecular weight excluding hydrogens is 252 g/mol. The van der Waals surface area contributed by atoms with E-state index in [2.05, 4.69) is 10.2 Å². The van der Waals surface area contributed by atoms with Crippen molar-refractivity contribution in [1.82, 2.24) is 4.90 Å². The topological polar surface area (TPSA) is 41.6 Å². The number of ether oxygens (including phenoxy) is 1. The third-order valence-corrected chi connectivity index (χ3v) is 3.48. The van der Waals surface area contributed by atoms with Crippen molar-refractivity contribution in [2.45, 2.75) is 12.0 Å². The van der Waals surface area contributed by atoms with Crippen LogP contribution in [0.2, 0.25) is 5.02 Å². The SMILES string of the molecule is COC(=O)C1(Nc2cccc(Cl)c2)CCN(C)C1. The molecule has 1 unspecified atom stereocenters. The number of anilines is 1. The van der Waals surface area contributed by atoms with Crippen LogP contribution in [0.4, 0.5) is 5.69 Å². The number of hydrogen-bond donors (Lipinski definition) is 1. The molecule has 1 aromatic rings. The van der Waals surface area contributed by atoms with Gasteiger partial charge in [0.05, 0.1) is 7.11 Å². The van der Waals surface area contributed by atoms with Gasteiger partial charge in [0.2, 0.25) is 0 Å². The summed E-state index contributed by atoms with van der Waals surface area (Å²) in [5, 5.41) is 3.92. The summed E-state index contributed by atoms with van der Waals surface area (Å²) in [7, 11) is 3.41. The van der Waals surface area contributed by atoms with E-state index in [1.807, 2.05) is 25.2 Å². The summed E-state index contributed by atoms with van der Waals surface area (Å²) < 4.78 is 4.93. The van der Waals surface area contributed by atoms with Crippen LogP contribution in [0.5, 0.6) is 0 Å². The minimum absolute atomic E-state index is 0.230. The number of nitrogens with one attached hydrogen (secondary N) is 1. The molecule has 1 N–H and O–H groups in total. The van der Waals surface area contributed by atoms with Crippen LogP contribution < -0.4 is 5.32 Å². The summed E-state index contributed by atoms with van der Waals surface area (Å²) in [6, 6.07) is 7.37. The molecular formula is C13H17ClN2O2. The summed E-state index contributed by atoms with van der Waals surface area (Å²) in [4.78, 5) is 14.1. The zero-order chi connectivity index (χ0) is 13.2. The molecule has 1 fully saturated rings. The van der Waals surface area contributed by atoms with Crippen molar-refractivity contribution in [1.29, 1.82) is 0 Å². The summed E-state index contributed by atoms with van der Waals surface area (Å²) in [6.45, 7) is 1.49. The first-order valence-corrected chi connectivity index (χ1v) is 6.24. The first-order valence-electron chi connectivity index (χ1n) is 5.86. The van der Waals surface area contributed by atoms with E-state index in [1.54, 1.807) is 6.07 Å². The van der Waals surface area contributed by atoms with Crippen LogP contribution in [-0.4, -0.2) is 43.7 Å². The Hall–Kier alpha value is -1.26. The van der Waals surface area contributed by atoms with E-state index in [-0.39, 0.29) is 5.97 Å². The Morgan fingerprint density at radius 3 is 2.89 bits per heavy atom. The van der Waals surface area contributed by atoms with Gasteiger partial charge in [0, 0.05) is 23.8 Å². The molecule has 1 aliphatic heterocycles. The van der Waals surface area contributed by atoms with Crippen molar-refractivity contribution in [2.75, 3.05) is 32.6 Å². The number of likely N-dealkylation sites (tertiary alicyclic amines) is 1. The van der Waals surface area contributed by atoms with Gasteiger partial charge in [-0.25, -0.2) is 4.79 Å². The van der Waals surface area contributed by atoms with Gasteiger partial charge in [0.1, 0.15) is 5.54 Å². The second-order valence-electron chi connectivity index (χ2n) is 4.70. The molecule has 0 saturated carbocycles. The molecule has 1 aliphatic rings. The fourth-order valence-electron chi connectivity index (χ4n) is 2.36. The van der Waals surface area contributed by atoms with Gasteiger partial charge < -0.3 is 15.0 Å². The molecule has 4 nitrogen and oxygen atoms in total. The smallest absolute Gasteiger partial charge is 0.332 e. The second kappa shape index (κ2) is 5.16. The predicted octanol–water partition coefficient (Wildman–Crippen LogP) is 2.00. The van der Waals surface area contributed by atoms with E-state index < -0.39 is 5.54 Å². The van der Waals surface area contributed by atoms with Crippen molar-refractivity contribution < 1.29 is 9.53 Å². The van der Waals surface area contributed by atoms with E-state index in [1.165, 1.54) is 7.11 Å². The molecule has 1 atom stereocenters. The van der Waals surface area contributed by atoms with Crippen LogP contribution in [0, 0.1) is 0 Å². The van der Waals surface area contributed by atoms with Gasteiger partial charge in [-0.1, -0.05) is 17.7 Å². The Balaban J connectivity index is 2.23. The predicted molar refractivity (Wildman–Crippen MR) is 71.9 cm³/mol. The van der Waals surface area contributed by atoms with E-state index in [4.69, 9.17) is 16.3 Å². The number of esters is 1. The Bertz CT molecular complexity index is 452. The van der Waals surface area contributed by atoms with E-state index in [0.29, 0.717) is 11.6 Å². The van der Waals surface area contributed by atoms with Gasteiger partial charge in [-0.2, -0.15) is 0 Å². The maximum atomic E-state index is 12.0. The third-order valence-electron chi connectivity index (χ3n) is 3.24. The van der Waals surface area contributed by atoms with Crippen LogP contribution in [0.25, 0.3) is 0 Å². The van der Waals surface area contributed by atoms with Crippen LogP contribution >= 0.6 is 11.6 Å². The average molecular weight is 269 g/mol. The molecule has 0 radical (unpaired) electrons. The van der Waals surface area contributed by atoms with Crippen LogP contribution in [-0.2, 0) is 9.53 Å². The van der Waals surface area contributed by atoms with Crippen molar-refractivity contribution in [2.24, 2.45) is 0 Å². The zero-order valence-corrected chi connectivity index (χ0v) is 11.3. The largest absolute Gasteiger partial charge is 0.467 e. The number of halogens is 1. The van der Waals surface area contributed by atoms with E-state index in [9.17, 15) is 4.79 Å². The maximum Gasteiger partial charge on any atom is 0.332 e. The van der Waals surface area contributed by atoms with Crippen molar-refractivity contribution >= 4 is 23.3 Å². The highest BCUT2D eigenvalue weighted by Gasteiger charge is 2.44. The summed E-state index contributed by atoms with van der Waals surface area (Å²) in [5.41, 5.74) is 0.164. The number of nitrogens with zero attached hydrogens (tertiary/aromatic N) is 1. The van der Waals surface area contributed by atoms with Gasteiger partial charge in [-0.05, 0) is 31.7 Å². The van der Waals surface area contributed by atoms with Gasteiger partial charge in [-0.3, -0.25) is 0 Å². The lowest BCUT2D eigenvalue weighted by molar-refractivity contribution is -0.145. The van der Waals surface area contributed by atoms with E-state index >= 15 is 0 Å². The standard InChI is InChI=1S/C13H17ClN2O2/c1-16-7-6-13(9-16,12(17)18-2)15-11-5-3-4-10(14)8-11/h3-5,8,15H,6-7,9H2,1-2H3. The fraction of sp³-hybridized carbons (Fsp3) is 0.462. The number of benzene rings is 1. The average Bonchev–Trinajstić information content (AvgIpc) is 2.71. The first-order chi connectivity index (χ1) is 8.55. The van der Waals surface area contributed by atoms with Crippen LogP contribution in [0.15, 0.2) is 24.3 Å². The molecule has 0 bridgehead atoms. The summed E-state index contributed by atoms with van der Waals surface area (Å²) in [6.07, 6.45) is 0.725. The van der Waals surface area contributed by atoms with Crippen LogP contribution in [0.3, 0.4) is 0 Å². The summed E-state index contributed by atoms with van der Waals surface area (Å²) in [5.74, 6) is -0.230. The van der Waals surface area contributed by atoms with Gasteiger partial charge in [0.15, 0.2) is 0 Å². The molecule has 98 valence electrons. The Morgan fingerprint density at radius 2 is 2.33 bits per heavy atom. The third kappa shape index (κ3) is 2.60. The van der Waals surface area contributed by atoms with Gasteiger partial charge in [-0.15, -0.1) is 0 Å². The molecule has 1 saturated heterocycles. The number of likely N-dealkylation sites (N-methyl/N-ethyl adjacent to an activating group) is 1. The molecule has 0 aliphatic carbocycles. The molecule has 0 spiro atoms. The number of methoxy groups -OCH3 is 1. The lowest BCUT2D eigenvalue weighted by atomic mass is 9.98. The molecule has 5 heteroatoms. The highest BCUT2D eigenvalue weighted by Crippen LogP contribution is 2.27. The highest BCUT2D eigenvalue weighted by molar-refractivity contribution is 6.30. The Morgan fingerprint density at radius 1 is 1.56 bits per heavy atom. The van der Waals surface area contributed by atoms with Crippen molar-refractivity contribution in [3.63, 3.8) is 0 Å². The Kier molecular flexibility index (Phi) is 3.78.